The van der Waals surface area contributed by atoms with E-state index < -0.39 is 12.1 Å². The fraction of sp³-hybridized carbons (Fsp3) is 0.0833. The number of methoxy groups -OCH3 is 1. The Hall–Kier alpha value is -3.86. The monoisotopic (exact) mass is 384 g/mol. The number of aromatic nitrogens is 2. The molecule has 4 rings (SSSR count). The molecule has 0 aliphatic rings. The lowest BCUT2D eigenvalue weighted by Gasteiger charge is -2.18. The summed E-state index contributed by atoms with van der Waals surface area (Å²) in [7, 11) is 1.51. The van der Waals surface area contributed by atoms with Gasteiger partial charge in [0.05, 0.1) is 19.0 Å². The molecule has 0 atom stereocenters. The SMILES string of the molecule is COc1cn(-c2ccccc2)nc1C(=O)OC(c1ccccc1)c1ccccc1. The number of hydrogen-bond acceptors (Lipinski definition) is 4. The van der Waals surface area contributed by atoms with Crippen LogP contribution in [-0.4, -0.2) is 22.9 Å². The van der Waals surface area contributed by atoms with Crippen molar-refractivity contribution in [2.45, 2.75) is 6.10 Å². The highest BCUT2D eigenvalue weighted by Gasteiger charge is 2.25. The fourth-order valence-corrected chi connectivity index (χ4v) is 3.11. The fourth-order valence-electron chi connectivity index (χ4n) is 3.11. The van der Waals surface area contributed by atoms with E-state index in [2.05, 4.69) is 5.10 Å². The summed E-state index contributed by atoms with van der Waals surface area (Å²) in [5, 5.41) is 4.41. The van der Waals surface area contributed by atoms with Crippen molar-refractivity contribution < 1.29 is 14.3 Å². The predicted octanol–water partition coefficient (Wildman–Crippen LogP) is 4.83. The number of hydrogen-bond donors (Lipinski definition) is 0. The third-order valence-electron chi connectivity index (χ3n) is 4.54. The molecule has 4 aromatic rings. The maximum Gasteiger partial charge on any atom is 0.363 e. The van der Waals surface area contributed by atoms with Gasteiger partial charge in [-0.05, 0) is 23.3 Å². The zero-order valence-corrected chi connectivity index (χ0v) is 15.9. The van der Waals surface area contributed by atoms with E-state index in [-0.39, 0.29) is 5.69 Å². The molecule has 0 N–H and O–H groups in total. The summed E-state index contributed by atoms with van der Waals surface area (Å²) in [6.07, 6.45) is 1.13. The number of benzene rings is 3. The molecule has 0 spiro atoms. The second-order valence-electron chi connectivity index (χ2n) is 6.43. The average Bonchev–Trinajstić information content (AvgIpc) is 3.24. The number of carbonyl (C=O) groups is 1. The molecule has 1 heterocycles. The smallest absolute Gasteiger partial charge is 0.363 e. The number of carbonyl (C=O) groups excluding carboxylic acids is 1. The summed E-state index contributed by atoms with van der Waals surface area (Å²) in [5.74, 6) is -0.187. The molecule has 0 fully saturated rings. The van der Waals surface area contributed by atoms with Gasteiger partial charge in [-0.2, -0.15) is 5.10 Å². The van der Waals surface area contributed by atoms with Gasteiger partial charge in [0.25, 0.3) is 0 Å². The van der Waals surface area contributed by atoms with Gasteiger partial charge in [-0.25, -0.2) is 9.48 Å². The van der Waals surface area contributed by atoms with Crippen LogP contribution in [0.5, 0.6) is 5.75 Å². The molecule has 0 bridgehead atoms. The standard InChI is InChI=1S/C24H20N2O3/c1-28-21-17-26(20-15-9-4-10-16-20)25-22(21)24(27)29-23(18-11-5-2-6-12-18)19-13-7-3-8-14-19/h2-17,23H,1H3. The van der Waals surface area contributed by atoms with E-state index in [4.69, 9.17) is 9.47 Å². The van der Waals surface area contributed by atoms with Crippen molar-refractivity contribution in [2.24, 2.45) is 0 Å². The number of nitrogens with zero attached hydrogens (tertiary/aromatic N) is 2. The van der Waals surface area contributed by atoms with E-state index in [1.165, 1.54) is 7.11 Å². The Balaban J connectivity index is 1.67. The van der Waals surface area contributed by atoms with Gasteiger partial charge in [0.15, 0.2) is 11.9 Å². The molecule has 0 aliphatic carbocycles. The van der Waals surface area contributed by atoms with Crippen molar-refractivity contribution in [1.82, 2.24) is 9.78 Å². The molecule has 0 radical (unpaired) electrons. The summed E-state index contributed by atoms with van der Waals surface area (Å²) in [5.41, 5.74) is 2.72. The topological polar surface area (TPSA) is 53.4 Å². The molecule has 144 valence electrons. The first kappa shape index (κ1) is 18.5. The van der Waals surface area contributed by atoms with Crippen molar-refractivity contribution in [2.75, 3.05) is 7.11 Å². The Kier molecular flexibility index (Phi) is 5.38. The van der Waals surface area contributed by atoms with Crippen LogP contribution >= 0.6 is 0 Å². The van der Waals surface area contributed by atoms with E-state index >= 15 is 0 Å². The van der Waals surface area contributed by atoms with Crippen molar-refractivity contribution in [1.29, 1.82) is 0 Å². The molecule has 0 aliphatic heterocycles. The first-order valence-electron chi connectivity index (χ1n) is 9.26. The van der Waals surface area contributed by atoms with Crippen LogP contribution in [0.25, 0.3) is 5.69 Å². The highest BCUT2D eigenvalue weighted by atomic mass is 16.5. The van der Waals surface area contributed by atoms with Crippen molar-refractivity contribution in [3.8, 4) is 11.4 Å². The van der Waals surface area contributed by atoms with Crippen LogP contribution in [-0.2, 0) is 4.74 Å². The van der Waals surface area contributed by atoms with Crippen LogP contribution < -0.4 is 4.74 Å². The third kappa shape index (κ3) is 4.04. The Morgan fingerprint density at radius 2 is 1.34 bits per heavy atom. The van der Waals surface area contributed by atoms with E-state index in [1.807, 2.05) is 91.0 Å². The van der Waals surface area contributed by atoms with Gasteiger partial charge in [0.2, 0.25) is 5.69 Å². The molecule has 0 saturated heterocycles. The first-order valence-corrected chi connectivity index (χ1v) is 9.26. The number of ether oxygens (including phenoxy) is 2. The highest BCUT2D eigenvalue weighted by Crippen LogP contribution is 2.29. The largest absolute Gasteiger partial charge is 0.493 e. The normalized spacial score (nSPS) is 10.7. The summed E-state index contributed by atoms with van der Waals surface area (Å²) in [4.78, 5) is 13.0. The van der Waals surface area contributed by atoms with Gasteiger partial charge < -0.3 is 9.47 Å². The second kappa shape index (κ2) is 8.44. The van der Waals surface area contributed by atoms with E-state index in [0.717, 1.165) is 16.8 Å². The van der Waals surface area contributed by atoms with Crippen molar-refractivity contribution in [3.63, 3.8) is 0 Å². The lowest BCUT2D eigenvalue weighted by Crippen LogP contribution is -2.14. The Morgan fingerprint density at radius 3 is 1.86 bits per heavy atom. The summed E-state index contributed by atoms with van der Waals surface area (Å²) >= 11 is 0. The predicted molar refractivity (Wildman–Crippen MR) is 110 cm³/mol. The van der Waals surface area contributed by atoms with E-state index in [0.29, 0.717) is 5.75 Å². The maximum atomic E-state index is 13.0. The molecule has 3 aromatic carbocycles. The van der Waals surface area contributed by atoms with Crippen LogP contribution in [0.1, 0.15) is 27.7 Å². The minimum Gasteiger partial charge on any atom is -0.493 e. The Bertz CT molecular complexity index is 1040. The van der Waals surface area contributed by atoms with Crippen LogP contribution in [0.3, 0.4) is 0 Å². The maximum absolute atomic E-state index is 13.0. The molecule has 0 saturated carbocycles. The third-order valence-corrected chi connectivity index (χ3v) is 4.54. The lowest BCUT2D eigenvalue weighted by atomic mass is 10.0. The Morgan fingerprint density at radius 1 is 0.828 bits per heavy atom. The van der Waals surface area contributed by atoms with Gasteiger partial charge in [0.1, 0.15) is 0 Å². The molecular formula is C24H20N2O3. The molecule has 0 amide bonds. The number of rotatable bonds is 6. The number of para-hydroxylation sites is 1. The zero-order chi connectivity index (χ0) is 20.1. The average molecular weight is 384 g/mol. The molecule has 0 unspecified atom stereocenters. The molecule has 29 heavy (non-hydrogen) atoms. The van der Waals surface area contributed by atoms with Gasteiger partial charge in [-0.3, -0.25) is 0 Å². The second-order valence-corrected chi connectivity index (χ2v) is 6.43. The molecular weight excluding hydrogens is 364 g/mol. The van der Waals surface area contributed by atoms with Crippen LogP contribution in [0.15, 0.2) is 97.2 Å². The van der Waals surface area contributed by atoms with Crippen molar-refractivity contribution in [3.05, 3.63) is 114 Å². The minimum absolute atomic E-state index is 0.133. The molecule has 1 aromatic heterocycles. The van der Waals surface area contributed by atoms with E-state index in [1.54, 1.807) is 10.9 Å². The van der Waals surface area contributed by atoms with Crippen molar-refractivity contribution >= 4 is 5.97 Å². The van der Waals surface area contributed by atoms with Gasteiger partial charge in [-0.15, -0.1) is 0 Å². The first-order chi connectivity index (χ1) is 14.3. The molecule has 5 heteroatoms. The van der Waals surface area contributed by atoms with Gasteiger partial charge in [-0.1, -0.05) is 78.9 Å². The quantitative estimate of drug-likeness (QED) is 0.447. The molecule has 5 nitrogen and oxygen atoms in total. The van der Waals surface area contributed by atoms with Crippen LogP contribution in [0.4, 0.5) is 0 Å². The summed E-state index contributed by atoms with van der Waals surface area (Å²) < 4.78 is 12.9. The Labute approximate surface area is 169 Å². The zero-order valence-electron chi connectivity index (χ0n) is 15.9. The number of esters is 1. The van der Waals surface area contributed by atoms with Gasteiger partial charge >= 0.3 is 5.97 Å². The summed E-state index contributed by atoms with van der Waals surface area (Å²) in [6.45, 7) is 0. The minimum atomic E-state index is -0.547. The lowest BCUT2D eigenvalue weighted by molar-refractivity contribution is 0.0367. The summed E-state index contributed by atoms with van der Waals surface area (Å²) in [6, 6.07) is 28.8. The van der Waals surface area contributed by atoms with Gasteiger partial charge in [0, 0.05) is 0 Å². The van der Waals surface area contributed by atoms with Crippen LogP contribution in [0.2, 0.25) is 0 Å². The highest BCUT2D eigenvalue weighted by molar-refractivity contribution is 5.90. The van der Waals surface area contributed by atoms with E-state index in [9.17, 15) is 4.79 Å². The van der Waals surface area contributed by atoms with Crippen LogP contribution in [0, 0.1) is 0 Å².